The maximum Gasteiger partial charge on any atom is 0.325 e. The number of fused-ring (bicyclic) bond motifs is 3. The van der Waals surface area contributed by atoms with Crippen LogP contribution in [0.15, 0.2) is 18.2 Å². The van der Waals surface area contributed by atoms with E-state index in [1.54, 1.807) is 6.07 Å². The highest BCUT2D eigenvalue weighted by molar-refractivity contribution is 6.30. The molecule has 3 heterocycles. The van der Waals surface area contributed by atoms with Crippen molar-refractivity contribution < 1.29 is 14.3 Å². The molecule has 1 aromatic heterocycles. The SMILES string of the molecule is O=C1NC2(CCc3cc(Cl)ccc32)C(=O)N1Cc1nnc2n1CCOC2. The van der Waals surface area contributed by atoms with Gasteiger partial charge in [0.2, 0.25) is 0 Å². The van der Waals surface area contributed by atoms with Crippen molar-refractivity contribution in [1.82, 2.24) is 25.0 Å². The summed E-state index contributed by atoms with van der Waals surface area (Å²) in [5.41, 5.74) is 0.842. The van der Waals surface area contributed by atoms with Crippen molar-refractivity contribution >= 4 is 23.5 Å². The summed E-state index contributed by atoms with van der Waals surface area (Å²) in [5, 5.41) is 11.8. The van der Waals surface area contributed by atoms with Gasteiger partial charge in [0.25, 0.3) is 5.91 Å². The minimum absolute atomic E-state index is 0.0995. The molecule has 2 aromatic rings. The van der Waals surface area contributed by atoms with Crippen molar-refractivity contribution in [3.63, 3.8) is 0 Å². The summed E-state index contributed by atoms with van der Waals surface area (Å²) in [5.74, 6) is 1.07. The first-order chi connectivity index (χ1) is 12.6. The summed E-state index contributed by atoms with van der Waals surface area (Å²) in [4.78, 5) is 27.0. The standard InChI is InChI=1S/C17H16ClN5O3/c18-11-1-2-12-10(7-11)3-4-17(12)15(24)23(16(25)19-17)8-13-20-21-14-9-26-6-5-22(13)14/h1-2,7H,3-6,8-9H2,(H,19,25). The minimum Gasteiger partial charge on any atom is -0.372 e. The molecule has 134 valence electrons. The van der Waals surface area contributed by atoms with Gasteiger partial charge < -0.3 is 14.6 Å². The van der Waals surface area contributed by atoms with Crippen LogP contribution in [0.2, 0.25) is 5.02 Å². The van der Waals surface area contributed by atoms with Crippen LogP contribution in [0.3, 0.4) is 0 Å². The van der Waals surface area contributed by atoms with Crippen molar-refractivity contribution in [3.05, 3.63) is 46.0 Å². The van der Waals surface area contributed by atoms with Crippen molar-refractivity contribution in [2.24, 2.45) is 0 Å². The van der Waals surface area contributed by atoms with E-state index in [0.29, 0.717) is 49.3 Å². The van der Waals surface area contributed by atoms with Crippen LogP contribution in [0.1, 0.15) is 29.2 Å². The van der Waals surface area contributed by atoms with Gasteiger partial charge in [0, 0.05) is 11.6 Å². The quantitative estimate of drug-likeness (QED) is 0.803. The third-order valence-corrected chi connectivity index (χ3v) is 5.60. The molecule has 5 rings (SSSR count). The van der Waals surface area contributed by atoms with Gasteiger partial charge in [-0.2, -0.15) is 0 Å². The molecule has 1 fully saturated rings. The Morgan fingerprint density at radius 1 is 1.31 bits per heavy atom. The predicted molar refractivity (Wildman–Crippen MR) is 90.2 cm³/mol. The molecule has 1 atom stereocenters. The number of rotatable bonds is 2. The smallest absolute Gasteiger partial charge is 0.325 e. The molecule has 26 heavy (non-hydrogen) atoms. The summed E-state index contributed by atoms with van der Waals surface area (Å²) >= 11 is 6.06. The fraction of sp³-hybridized carbons (Fsp3) is 0.412. The molecule has 1 spiro atoms. The lowest BCUT2D eigenvalue weighted by molar-refractivity contribution is -0.132. The first kappa shape index (κ1) is 15.8. The highest BCUT2D eigenvalue weighted by Gasteiger charge is 2.55. The predicted octanol–water partition coefficient (Wildman–Crippen LogP) is 1.36. The van der Waals surface area contributed by atoms with E-state index >= 15 is 0 Å². The molecule has 3 aliphatic rings. The van der Waals surface area contributed by atoms with Gasteiger partial charge in [-0.25, -0.2) is 4.79 Å². The Bertz CT molecular complexity index is 942. The lowest BCUT2D eigenvalue weighted by Crippen LogP contribution is -2.42. The number of nitrogens with one attached hydrogen (secondary N) is 1. The average Bonchev–Trinajstić information content (AvgIpc) is 3.27. The topological polar surface area (TPSA) is 89.4 Å². The zero-order valence-electron chi connectivity index (χ0n) is 13.9. The largest absolute Gasteiger partial charge is 0.372 e. The lowest BCUT2D eigenvalue weighted by atomic mass is 9.92. The summed E-state index contributed by atoms with van der Waals surface area (Å²) in [6.45, 7) is 1.68. The maximum atomic E-state index is 13.2. The Kier molecular flexibility index (Phi) is 3.35. The third kappa shape index (κ3) is 2.12. The average molecular weight is 374 g/mol. The third-order valence-electron chi connectivity index (χ3n) is 5.37. The Balaban J connectivity index is 1.47. The molecule has 1 unspecified atom stereocenters. The van der Waals surface area contributed by atoms with Gasteiger partial charge in [-0.3, -0.25) is 9.69 Å². The normalized spacial score (nSPS) is 24.1. The van der Waals surface area contributed by atoms with Crippen LogP contribution in [0.4, 0.5) is 4.79 Å². The second-order valence-corrected chi connectivity index (χ2v) is 7.20. The molecule has 0 radical (unpaired) electrons. The second-order valence-electron chi connectivity index (χ2n) is 6.76. The number of urea groups is 1. The lowest BCUT2D eigenvalue weighted by Gasteiger charge is -2.22. The molecule has 0 saturated carbocycles. The molecule has 0 bridgehead atoms. The molecular weight excluding hydrogens is 358 g/mol. The van der Waals surface area contributed by atoms with Crippen LogP contribution in [0, 0.1) is 0 Å². The number of hydrogen-bond donors (Lipinski definition) is 1. The summed E-state index contributed by atoms with van der Waals surface area (Å²) in [6, 6.07) is 5.05. The number of aryl methyl sites for hydroxylation is 1. The van der Waals surface area contributed by atoms with Gasteiger partial charge >= 0.3 is 6.03 Å². The Labute approximate surface area is 154 Å². The zero-order valence-corrected chi connectivity index (χ0v) is 14.6. The zero-order chi connectivity index (χ0) is 17.9. The number of imide groups is 1. The monoisotopic (exact) mass is 373 g/mol. The van der Waals surface area contributed by atoms with E-state index in [1.165, 1.54) is 4.90 Å². The van der Waals surface area contributed by atoms with Gasteiger partial charge in [0.1, 0.15) is 12.1 Å². The van der Waals surface area contributed by atoms with Crippen molar-refractivity contribution in [2.75, 3.05) is 6.61 Å². The van der Waals surface area contributed by atoms with E-state index in [0.717, 1.165) is 11.1 Å². The van der Waals surface area contributed by atoms with Crippen molar-refractivity contribution in [3.8, 4) is 0 Å². The van der Waals surface area contributed by atoms with E-state index in [1.807, 2.05) is 16.7 Å². The number of ether oxygens (including phenoxy) is 1. The van der Waals surface area contributed by atoms with E-state index < -0.39 is 11.6 Å². The molecule has 1 saturated heterocycles. The number of carbonyl (C=O) groups is 2. The van der Waals surface area contributed by atoms with Crippen molar-refractivity contribution in [1.29, 1.82) is 0 Å². The highest BCUT2D eigenvalue weighted by atomic mass is 35.5. The van der Waals surface area contributed by atoms with Gasteiger partial charge in [-0.15, -0.1) is 10.2 Å². The number of nitrogens with zero attached hydrogens (tertiary/aromatic N) is 4. The van der Waals surface area contributed by atoms with Gasteiger partial charge in [0.15, 0.2) is 11.6 Å². The van der Waals surface area contributed by atoms with Crippen LogP contribution < -0.4 is 5.32 Å². The van der Waals surface area contributed by atoms with E-state index in [4.69, 9.17) is 16.3 Å². The number of aromatic nitrogens is 3. The van der Waals surface area contributed by atoms with Crippen LogP contribution in [0.5, 0.6) is 0 Å². The number of halogens is 1. The van der Waals surface area contributed by atoms with Crippen LogP contribution in [-0.4, -0.2) is 38.2 Å². The van der Waals surface area contributed by atoms with Gasteiger partial charge in [-0.05, 0) is 36.1 Å². The Morgan fingerprint density at radius 2 is 2.19 bits per heavy atom. The molecule has 1 aliphatic carbocycles. The van der Waals surface area contributed by atoms with Crippen molar-refractivity contribution in [2.45, 2.75) is 38.1 Å². The Hall–Kier alpha value is -2.45. The number of carbonyl (C=O) groups excluding carboxylic acids is 2. The molecule has 3 amide bonds. The molecular formula is C17H16ClN5O3. The van der Waals surface area contributed by atoms with Gasteiger partial charge in [-0.1, -0.05) is 17.7 Å². The summed E-state index contributed by atoms with van der Waals surface area (Å²) in [7, 11) is 0. The number of benzene rings is 1. The van der Waals surface area contributed by atoms with Gasteiger partial charge in [0.05, 0.1) is 13.2 Å². The van der Waals surface area contributed by atoms with E-state index in [9.17, 15) is 9.59 Å². The van der Waals surface area contributed by atoms with Crippen LogP contribution >= 0.6 is 11.6 Å². The fourth-order valence-electron chi connectivity index (χ4n) is 4.08. The number of hydrogen-bond acceptors (Lipinski definition) is 5. The van der Waals surface area contributed by atoms with Crippen LogP contribution in [-0.2, 0) is 41.2 Å². The van der Waals surface area contributed by atoms with E-state index in [2.05, 4.69) is 15.5 Å². The molecule has 9 heteroatoms. The van der Waals surface area contributed by atoms with E-state index in [-0.39, 0.29) is 12.5 Å². The highest BCUT2D eigenvalue weighted by Crippen LogP contribution is 2.42. The molecule has 8 nitrogen and oxygen atoms in total. The molecule has 1 aromatic carbocycles. The number of amides is 3. The second kappa shape index (κ2) is 5.52. The maximum absolute atomic E-state index is 13.2. The summed E-state index contributed by atoms with van der Waals surface area (Å²) < 4.78 is 7.27. The first-order valence-corrected chi connectivity index (χ1v) is 8.88. The molecule has 1 N–H and O–H groups in total. The molecule has 2 aliphatic heterocycles. The Morgan fingerprint density at radius 3 is 3.08 bits per heavy atom. The fourth-order valence-corrected chi connectivity index (χ4v) is 4.27. The first-order valence-electron chi connectivity index (χ1n) is 8.50. The summed E-state index contributed by atoms with van der Waals surface area (Å²) in [6.07, 6.45) is 1.24. The van der Waals surface area contributed by atoms with Crippen LogP contribution in [0.25, 0.3) is 0 Å². The minimum atomic E-state index is -0.995.